The van der Waals surface area contributed by atoms with Crippen molar-refractivity contribution in [3.63, 3.8) is 0 Å². The van der Waals surface area contributed by atoms with Crippen LogP contribution in [0.2, 0.25) is 0 Å². The zero-order valence-corrected chi connectivity index (χ0v) is 13.0. The van der Waals surface area contributed by atoms with Gasteiger partial charge in [-0.05, 0) is 52.6 Å². The molecule has 0 aromatic carbocycles. The van der Waals surface area contributed by atoms with Crippen LogP contribution >= 0.6 is 0 Å². The average molecular weight is 256 g/mol. The Hall–Kier alpha value is -0.120. The summed E-state index contributed by atoms with van der Waals surface area (Å²) in [4.78, 5) is 2.61. The lowest BCUT2D eigenvalue weighted by Gasteiger charge is -2.38. The van der Waals surface area contributed by atoms with Crippen LogP contribution in [0.5, 0.6) is 0 Å². The molecule has 0 bridgehead atoms. The van der Waals surface area contributed by atoms with E-state index in [1.165, 1.54) is 32.4 Å². The van der Waals surface area contributed by atoms with Gasteiger partial charge in [-0.1, -0.05) is 13.3 Å². The Morgan fingerprint density at radius 3 is 2.33 bits per heavy atom. The molecule has 0 amide bonds. The van der Waals surface area contributed by atoms with Crippen LogP contribution in [0.1, 0.15) is 47.0 Å². The summed E-state index contributed by atoms with van der Waals surface area (Å²) in [6, 6.07) is 0.520. The van der Waals surface area contributed by atoms with E-state index in [1.807, 2.05) is 7.11 Å². The first-order valence-electron chi connectivity index (χ1n) is 7.44. The van der Waals surface area contributed by atoms with Gasteiger partial charge in [0.05, 0.1) is 6.61 Å². The quantitative estimate of drug-likeness (QED) is 0.790. The molecule has 1 rings (SSSR count). The zero-order chi connectivity index (χ0) is 13.6. The third-order valence-electron chi connectivity index (χ3n) is 3.97. The van der Waals surface area contributed by atoms with Crippen LogP contribution in [0.15, 0.2) is 0 Å². The fraction of sp³-hybridized carbons (Fsp3) is 1.00. The number of likely N-dealkylation sites (tertiary alicyclic amines) is 1. The van der Waals surface area contributed by atoms with Gasteiger partial charge in [0.15, 0.2) is 0 Å². The molecule has 0 aliphatic carbocycles. The van der Waals surface area contributed by atoms with Crippen molar-refractivity contribution in [2.75, 3.05) is 33.4 Å². The van der Waals surface area contributed by atoms with Crippen LogP contribution in [0.3, 0.4) is 0 Å². The fourth-order valence-electron chi connectivity index (χ4n) is 2.64. The lowest BCUT2D eigenvalue weighted by molar-refractivity contribution is 0.0608. The molecule has 108 valence electrons. The molecule has 1 heterocycles. The lowest BCUT2D eigenvalue weighted by atomic mass is 9.93. The van der Waals surface area contributed by atoms with Crippen LogP contribution in [0.4, 0.5) is 0 Å². The third-order valence-corrected chi connectivity index (χ3v) is 3.97. The number of hydrogen-bond donors (Lipinski definition) is 1. The zero-order valence-electron chi connectivity index (χ0n) is 13.0. The highest BCUT2D eigenvalue weighted by Gasteiger charge is 2.25. The highest BCUT2D eigenvalue weighted by Crippen LogP contribution is 2.21. The number of methoxy groups -OCH3 is 1. The van der Waals surface area contributed by atoms with E-state index >= 15 is 0 Å². The van der Waals surface area contributed by atoms with Crippen molar-refractivity contribution >= 4 is 0 Å². The first-order chi connectivity index (χ1) is 8.46. The number of rotatable bonds is 6. The summed E-state index contributed by atoms with van der Waals surface area (Å²) >= 11 is 0. The smallest absolute Gasteiger partial charge is 0.0630 e. The summed E-state index contributed by atoms with van der Waals surface area (Å²) in [7, 11) is 1.81. The van der Waals surface area contributed by atoms with Gasteiger partial charge >= 0.3 is 0 Å². The van der Waals surface area contributed by atoms with Crippen LogP contribution in [0, 0.1) is 5.92 Å². The van der Waals surface area contributed by atoms with Gasteiger partial charge in [-0.25, -0.2) is 0 Å². The van der Waals surface area contributed by atoms with Crippen molar-refractivity contribution in [2.24, 2.45) is 5.92 Å². The summed E-state index contributed by atoms with van der Waals surface area (Å²) in [5.41, 5.74) is 0.188. The van der Waals surface area contributed by atoms with E-state index in [2.05, 4.69) is 37.9 Å². The first-order valence-corrected chi connectivity index (χ1v) is 7.44. The molecule has 1 saturated heterocycles. The van der Waals surface area contributed by atoms with Crippen LogP contribution in [-0.4, -0.2) is 49.8 Å². The normalized spacial score (nSPS) is 21.2. The Kier molecular flexibility index (Phi) is 6.61. The Bertz CT molecular complexity index is 217. The van der Waals surface area contributed by atoms with Crippen molar-refractivity contribution in [3.05, 3.63) is 0 Å². The van der Waals surface area contributed by atoms with E-state index in [4.69, 9.17) is 4.74 Å². The minimum atomic E-state index is 0.188. The van der Waals surface area contributed by atoms with Crippen LogP contribution < -0.4 is 5.32 Å². The molecular formula is C15H32N2O. The SMILES string of the molecule is CCC1CCN(C(CNC(C)(C)C)COC)CC1. The molecule has 3 heteroatoms. The summed E-state index contributed by atoms with van der Waals surface area (Å²) in [5, 5.41) is 3.61. The lowest BCUT2D eigenvalue weighted by Crippen LogP contribution is -2.51. The maximum atomic E-state index is 5.39. The molecular weight excluding hydrogens is 224 g/mol. The number of nitrogens with zero attached hydrogens (tertiary/aromatic N) is 1. The van der Waals surface area contributed by atoms with Crippen LogP contribution in [0.25, 0.3) is 0 Å². The number of ether oxygens (including phenoxy) is 1. The van der Waals surface area contributed by atoms with E-state index in [9.17, 15) is 0 Å². The van der Waals surface area contributed by atoms with E-state index in [0.29, 0.717) is 6.04 Å². The largest absolute Gasteiger partial charge is 0.383 e. The Morgan fingerprint density at radius 1 is 1.28 bits per heavy atom. The summed E-state index contributed by atoms with van der Waals surface area (Å²) in [6.07, 6.45) is 4.04. The number of piperidine rings is 1. The van der Waals surface area contributed by atoms with Gasteiger partial charge < -0.3 is 10.1 Å². The van der Waals surface area contributed by atoms with E-state index in [-0.39, 0.29) is 5.54 Å². The molecule has 0 spiro atoms. The summed E-state index contributed by atoms with van der Waals surface area (Å²) < 4.78 is 5.39. The molecule has 18 heavy (non-hydrogen) atoms. The Morgan fingerprint density at radius 2 is 1.89 bits per heavy atom. The predicted octanol–water partition coefficient (Wildman–Crippen LogP) is 2.51. The molecule has 1 fully saturated rings. The van der Waals surface area contributed by atoms with E-state index < -0.39 is 0 Å². The summed E-state index contributed by atoms with van der Waals surface area (Å²) in [5.74, 6) is 0.944. The standard InChI is InChI=1S/C15H32N2O/c1-6-13-7-9-17(10-8-13)14(12-18-5)11-16-15(2,3)4/h13-14,16H,6-12H2,1-5H3. The number of hydrogen-bond acceptors (Lipinski definition) is 3. The molecule has 0 saturated carbocycles. The highest BCUT2D eigenvalue weighted by molar-refractivity contribution is 4.82. The van der Waals surface area contributed by atoms with E-state index in [1.54, 1.807) is 0 Å². The second kappa shape index (κ2) is 7.46. The molecule has 0 radical (unpaired) electrons. The third kappa shape index (κ3) is 5.68. The van der Waals surface area contributed by atoms with Crippen molar-refractivity contribution in [2.45, 2.75) is 58.5 Å². The fourth-order valence-corrected chi connectivity index (χ4v) is 2.64. The van der Waals surface area contributed by atoms with Gasteiger partial charge in [0.2, 0.25) is 0 Å². The molecule has 1 unspecified atom stereocenters. The predicted molar refractivity (Wildman–Crippen MR) is 78.0 cm³/mol. The summed E-state index contributed by atoms with van der Waals surface area (Å²) in [6.45, 7) is 13.3. The van der Waals surface area contributed by atoms with Crippen molar-refractivity contribution < 1.29 is 4.74 Å². The highest BCUT2D eigenvalue weighted by atomic mass is 16.5. The Labute approximate surface area is 113 Å². The van der Waals surface area contributed by atoms with Gasteiger partial charge in [0.25, 0.3) is 0 Å². The maximum Gasteiger partial charge on any atom is 0.0630 e. The van der Waals surface area contributed by atoms with Crippen molar-refractivity contribution in [1.82, 2.24) is 10.2 Å². The van der Waals surface area contributed by atoms with Crippen LogP contribution in [-0.2, 0) is 4.74 Å². The second-order valence-electron chi connectivity index (χ2n) is 6.63. The molecule has 1 aliphatic rings. The minimum absolute atomic E-state index is 0.188. The molecule has 0 aromatic heterocycles. The monoisotopic (exact) mass is 256 g/mol. The molecule has 0 aromatic rings. The minimum Gasteiger partial charge on any atom is -0.383 e. The topological polar surface area (TPSA) is 24.5 Å². The van der Waals surface area contributed by atoms with Gasteiger partial charge in [-0.3, -0.25) is 4.90 Å². The average Bonchev–Trinajstić information content (AvgIpc) is 2.33. The Balaban J connectivity index is 2.41. The molecule has 1 aliphatic heterocycles. The molecule has 3 nitrogen and oxygen atoms in total. The van der Waals surface area contributed by atoms with Gasteiger partial charge in [-0.15, -0.1) is 0 Å². The number of nitrogens with one attached hydrogen (secondary N) is 1. The molecule has 1 N–H and O–H groups in total. The van der Waals surface area contributed by atoms with Gasteiger partial charge in [-0.2, -0.15) is 0 Å². The molecule has 1 atom stereocenters. The van der Waals surface area contributed by atoms with E-state index in [0.717, 1.165) is 19.1 Å². The van der Waals surface area contributed by atoms with Crippen molar-refractivity contribution in [3.8, 4) is 0 Å². The first kappa shape index (κ1) is 15.9. The second-order valence-corrected chi connectivity index (χ2v) is 6.63. The van der Waals surface area contributed by atoms with Crippen molar-refractivity contribution in [1.29, 1.82) is 0 Å². The van der Waals surface area contributed by atoms with Gasteiger partial charge in [0.1, 0.15) is 0 Å². The maximum absolute atomic E-state index is 5.39. The van der Waals surface area contributed by atoms with Gasteiger partial charge in [0, 0.05) is 25.2 Å².